The molecule has 130 valence electrons. The highest BCUT2D eigenvalue weighted by atomic mass is 19.4. The molecule has 2 aromatic rings. The molecule has 3 nitrogen and oxygen atoms in total. The Morgan fingerprint density at radius 2 is 1.76 bits per heavy atom. The van der Waals surface area contributed by atoms with Gasteiger partial charge in [-0.15, -0.1) is 0 Å². The topological polar surface area (TPSA) is 40.5 Å². The fourth-order valence-electron chi connectivity index (χ4n) is 3.74. The van der Waals surface area contributed by atoms with Gasteiger partial charge in [0.15, 0.2) is 0 Å². The van der Waals surface area contributed by atoms with E-state index in [0.717, 1.165) is 0 Å². The maximum Gasteiger partial charge on any atom is 0.425 e. The number of nitrogens with zero attached hydrogens (tertiary/aromatic N) is 1. The molecule has 0 aromatic heterocycles. The number of carbonyl (C=O) groups is 1. The van der Waals surface area contributed by atoms with Crippen LogP contribution < -0.4 is 0 Å². The highest BCUT2D eigenvalue weighted by Crippen LogP contribution is 2.55. The first-order valence-corrected chi connectivity index (χ1v) is 8.06. The molecule has 1 atom stereocenters. The van der Waals surface area contributed by atoms with Crippen LogP contribution in [0.15, 0.2) is 42.5 Å². The Bertz CT molecular complexity index is 871. The number of carbonyl (C=O) groups excluding carboxylic acids is 1. The Morgan fingerprint density at radius 3 is 2.40 bits per heavy atom. The first-order valence-electron chi connectivity index (χ1n) is 8.06. The van der Waals surface area contributed by atoms with E-state index in [1.807, 2.05) is 6.92 Å². The Morgan fingerprint density at radius 1 is 1.12 bits per heavy atom. The van der Waals surface area contributed by atoms with Gasteiger partial charge < -0.3 is 10.0 Å². The van der Waals surface area contributed by atoms with Crippen molar-refractivity contribution in [1.82, 2.24) is 4.90 Å². The number of alkyl halides is 3. The van der Waals surface area contributed by atoms with E-state index in [2.05, 4.69) is 0 Å². The maximum atomic E-state index is 13.8. The molecule has 0 spiro atoms. The van der Waals surface area contributed by atoms with Crippen LogP contribution in [0, 0.1) is 5.92 Å². The molecule has 0 radical (unpaired) electrons. The fraction of sp³-hybridized carbons (Fsp3) is 0.316. The summed E-state index contributed by atoms with van der Waals surface area (Å²) in [5.74, 6) is 0.0936. The summed E-state index contributed by atoms with van der Waals surface area (Å²) >= 11 is 0. The van der Waals surface area contributed by atoms with E-state index in [1.54, 1.807) is 17.0 Å². The average molecular weight is 347 g/mol. The molecule has 1 fully saturated rings. The van der Waals surface area contributed by atoms with Crippen molar-refractivity contribution in [3.8, 4) is 11.1 Å². The molecule has 1 unspecified atom stereocenters. The second kappa shape index (κ2) is 5.08. The van der Waals surface area contributed by atoms with Crippen molar-refractivity contribution >= 4 is 5.91 Å². The van der Waals surface area contributed by atoms with Crippen LogP contribution >= 0.6 is 0 Å². The van der Waals surface area contributed by atoms with Crippen molar-refractivity contribution in [3.63, 3.8) is 0 Å². The van der Waals surface area contributed by atoms with Crippen LogP contribution in [-0.2, 0) is 5.60 Å². The quantitative estimate of drug-likeness (QED) is 0.857. The third-order valence-corrected chi connectivity index (χ3v) is 5.02. The number of halogens is 3. The summed E-state index contributed by atoms with van der Waals surface area (Å²) in [5, 5.41) is 10.6. The van der Waals surface area contributed by atoms with Gasteiger partial charge in [0.1, 0.15) is 0 Å². The number of fused-ring (bicyclic) bond motifs is 3. The third-order valence-electron chi connectivity index (χ3n) is 5.02. The van der Waals surface area contributed by atoms with Crippen LogP contribution in [0.2, 0.25) is 0 Å². The largest absolute Gasteiger partial charge is 0.425 e. The highest BCUT2D eigenvalue weighted by Gasteiger charge is 2.60. The number of rotatable bonds is 1. The minimum absolute atomic E-state index is 0.168. The van der Waals surface area contributed by atoms with Crippen molar-refractivity contribution in [2.45, 2.75) is 18.7 Å². The first-order chi connectivity index (χ1) is 11.7. The highest BCUT2D eigenvalue weighted by molar-refractivity contribution is 5.96. The van der Waals surface area contributed by atoms with Crippen molar-refractivity contribution in [3.05, 3.63) is 59.2 Å². The summed E-state index contributed by atoms with van der Waals surface area (Å²) in [6.07, 6.45) is -4.89. The number of likely N-dealkylation sites (tertiary alicyclic amines) is 1. The molecule has 25 heavy (non-hydrogen) atoms. The lowest BCUT2D eigenvalue weighted by atomic mass is 9.89. The van der Waals surface area contributed by atoms with Gasteiger partial charge in [-0.1, -0.05) is 37.3 Å². The Labute approximate surface area is 142 Å². The van der Waals surface area contributed by atoms with Crippen molar-refractivity contribution in [2.24, 2.45) is 5.92 Å². The van der Waals surface area contributed by atoms with Gasteiger partial charge in [0.2, 0.25) is 5.60 Å². The normalized spacial score (nSPS) is 22.4. The van der Waals surface area contributed by atoms with Gasteiger partial charge in [-0.2, -0.15) is 13.2 Å². The third kappa shape index (κ3) is 2.13. The first kappa shape index (κ1) is 16.1. The molecule has 1 saturated heterocycles. The minimum Gasteiger partial charge on any atom is -0.372 e. The van der Waals surface area contributed by atoms with E-state index < -0.39 is 11.8 Å². The van der Waals surface area contributed by atoms with Crippen LogP contribution in [0.4, 0.5) is 13.2 Å². The van der Waals surface area contributed by atoms with E-state index in [0.29, 0.717) is 30.1 Å². The van der Waals surface area contributed by atoms with E-state index >= 15 is 0 Å². The van der Waals surface area contributed by atoms with E-state index in [4.69, 9.17) is 0 Å². The van der Waals surface area contributed by atoms with Gasteiger partial charge in [-0.3, -0.25) is 4.79 Å². The Balaban J connectivity index is 1.86. The molecule has 4 rings (SSSR count). The zero-order valence-electron chi connectivity index (χ0n) is 13.5. The molecule has 1 aliphatic carbocycles. The molecule has 2 aromatic carbocycles. The van der Waals surface area contributed by atoms with Crippen LogP contribution in [0.5, 0.6) is 0 Å². The van der Waals surface area contributed by atoms with Gasteiger partial charge in [-0.25, -0.2) is 0 Å². The number of aliphatic hydroxyl groups is 1. The Hall–Kier alpha value is -2.34. The number of hydrogen-bond donors (Lipinski definition) is 1. The lowest BCUT2D eigenvalue weighted by molar-refractivity contribution is -0.246. The van der Waals surface area contributed by atoms with Gasteiger partial charge >= 0.3 is 6.18 Å². The van der Waals surface area contributed by atoms with Crippen LogP contribution in [0.1, 0.15) is 28.4 Å². The standard InChI is InChI=1S/C19H16F3NO2/c1-11-9-23(10-11)17(24)12-6-7-14-13-4-2-3-5-15(13)18(25,16(14)8-12)19(20,21)22/h2-8,11,25H,9-10H2,1H3. The molecule has 1 aliphatic heterocycles. The summed E-state index contributed by atoms with van der Waals surface area (Å²) in [7, 11) is 0. The van der Waals surface area contributed by atoms with Crippen molar-refractivity contribution in [1.29, 1.82) is 0 Å². The zero-order chi connectivity index (χ0) is 18.0. The molecule has 2 aliphatic rings. The summed E-state index contributed by atoms with van der Waals surface area (Å²) in [6.45, 7) is 3.20. The lowest BCUT2D eigenvalue weighted by Gasteiger charge is -2.37. The molecule has 1 heterocycles. The van der Waals surface area contributed by atoms with Gasteiger partial charge in [0, 0.05) is 29.8 Å². The van der Waals surface area contributed by atoms with E-state index in [9.17, 15) is 23.1 Å². The molecule has 0 bridgehead atoms. The number of hydrogen-bond acceptors (Lipinski definition) is 2. The van der Waals surface area contributed by atoms with Gasteiger partial charge in [0.05, 0.1) is 0 Å². The second-order valence-electron chi connectivity index (χ2n) is 6.83. The maximum absolute atomic E-state index is 13.8. The number of benzene rings is 2. The summed E-state index contributed by atoms with van der Waals surface area (Å²) in [6, 6.07) is 10.1. The average Bonchev–Trinajstić information content (AvgIpc) is 2.82. The number of amides is 1. The molecule has 0 saturated carbocycles. The summed E-state index contributed by atoms with van der Waals surface area (Å²) < 4.78 is 41.3. The monoisotopic (exact) mass is 347 g/mol. The van der Waals surface area contributed by atoms with Crippen molar-refractivity contribution < 1.29 is 23.1 Å². The molecule has 6 heteroatoms. The van der Waals surface area contributed by atoms with E-state index in [1.165, 1.54) is 30.3 Å². The van der Waals surface area contributed by atoms with Crippen molar-refractivity contribution in [2.75, 3.05) is 13.1 Å². The Kier molecular flexibility index (Phi) is 3.28. The van der Waals surface area contributed by atoms with Gasteiger partial charge in [0.25, 0.3) is 5.91 Å². The second-order valence-corrected chi connectivity index (χ2v) is 6.83. The SMILES string of the molecule is CC1CN(C(=O)c2ccc3c(c2)C(O)(C(F)(F)F)c2ccccc2-3)C1. The molecular formula is C19H16F3NO2. The van der Waals surface area contributed by atoms with Crippen LogP contribution in [0.25, 0.3) is 11.1 Å². The van der Waals surface area contributed by atoms with E-state index in [-0.39, 0.29) is 22.6 Å². The zero-order valence-corrected chi connectivity index (χ0v) is 13.5. The predicted octanol–water partition coefficient (Wildman–Crippen LogP) is 3.56. The molecule has 1 amide bonds. The lowest BCUT2D eigenvalue weighted by Crippen LogP contribution is -2.48. The molecule has 1 N–H and O–H groups in total. The van der Waals surface area contributed by atoms with Crippen LogP contribution in [0.3, 0.4) is 0 Å². The van der Waals surface area contributed by atoms with Gasteiger partial charge in [-0.05, 0) is 29.2 Å². The fourth-order valence-corrected chi connectivity index (χ4v) is 3.74. The molecular weight excluding hydrogens is 331 g/mol. The summed E-state index contributed by atoms with van der Waals surface area (Å²) in [4.78, 5) is 14.1. The smallest absolute Gasteiger partial charge is 0.372 e. The van der Waals surface area contributed by atoms with Crippen LogP contribution in [-0.4, -0.2) is 35.2 Å². The predicted molar refractivity (Wildman–Crippen MR) is 86.0 cm³/mol. The minimum atomic E-state index is -4.89. The summed E-state index contributed by atoms with van der Waals surface area (Å²) in [5.41, 5.74) is -2.75.